The van der Waals surface area contributed by atoms with E-state index in [4.69, 9.17) is 4.74 Å². The van der Waals surface area contributed by atoms with E-state index in [-0.39, 0.29) is 6.09 Å². The number of amides is 1. The second-order valence-electron chi connectivity index (χ2n) is 3.88. The zero-order valence-electron chi connectivity index (χ0n) is 10.6. The van der Waals surface area contributed by atoms with Gasteiger partial charge in [0.15, 0.2) is 0 Å². The summed E-state index contributed by atoms with van der Waals surface area (Å²) in [5, 5.41) is 0. The molecule has 15 heavy (non-hydrogen) atoms. The van der Waals surface area contributed by atoms with Crippen molar-refractivity contribution in [1.82, 2.24) is 4.90 Å². The third kappa shape index (κ3) is 5.65. The summed E-state index contributed by atoms with van der Waals surface area (Å²) in [7, 11) is 0. The maximum absolute atomic E-state index is 11.7. The molecule has 0 fully saturated rings. The van der Waals surface area contributed by atoms with E-state index in [0.29, 0.717) is 12.6 Å². The molecule has 0 N–H and O–H groups in total. The number of unbranched alkanes of at least 4 members (excludes halogenated alkanes) is 1. The number of nitrogens with zero attached hydrogens (tertiary/aromatic N) is 1. The van der Waals surface area contributed by atoms with Crippen molar-refractivity contribution in [3.8, 4) is 0 Å². The quantitative estimate of drug-likeness (QED) is 0.651. The van der Waals surface area contributed by atoms with Crippen LogP contribution < -0.4 is 0 Å². The van der Waals surface area contributed by atoms with Crippen LogP contribution >= 0.6 is 0 Å². The predicted octanol–water partition coefficient (Wildman–Crippen LogP) is 3.43. The Morgan fingerprint density at radius 3 is 2.40 bits per heavy atom. The molecular formula is C12H25NO2. The summed E-state index contributed by atoms with van der Waals surface area (Å²) in [4.78, 5) is 13.5. The fourth-order valence-electron chi connectivity index (χ4n) is 1.60. The van der Waals surface area contributed by atoms with E-state index in [9.17, 15) is 4.79 Å². The Morgan fingerprint density at radius 1 is 1.27 bits per heavy atom. The first kappa shape index (κ1) is 14.3. The highest BCUT2D eigenvalue weighted by atomic mass is 16.6. The van der Waals surface area contributed by atoms with E-state index in [1.54, 1.807) is 0 Å². The largest absolute Gasteiger partial charge is 0.450 e. The lowest BCUT2D eigenvalue weighted by atomic mass is 10.1. The maximum Gasteiger partial charge on any atom is 0.409 e. The van der Waals surface area contributed by atoms with Gasteiger partial charge in [-0.05, 0) is 26.7 Å². The summed E-state index contributed by atoms with van der Waals surface area (Å²) in [5.74, 6) is 0. The molecule has 0 rings (SSSR count). The van der Waals surface area contributed by atoms with Crippen molar-refractivity contribution in [3.05, 3.63) is 0 Å². The first-order valence-electron chi connectivity index (χ1n) is 6.10. The normalized spacial score (nSPS) is 12.3. The zero-order valence-corrected chi connectivity index (χ0v) is 10.6. The van der Waals surface area contributed by atoms with E-state index in [0.717, 1.165) is 32.2 Å². The Kier molecular flexibility index (Phi) is 8.15. The highest BCUT2D eigenvalue weighted by Crippen LogP contribution is 2.10. The number of hydrogen-bond acceptors (Lipinski definition) is 2. The minimum absolute atomic E-state index is 0.160. The highest BCUT2D eigenvalue weighted by molar-refractivity contribution is 5.67. The van der Waals surface area contributed by atoms with Crippen molar-refractivity contribution < 1.29 is 9.53 Å². The number of ether oxygens (including phenoxy) is 1. The van der Waals surface area contributed by atoms with Gasteiger partial charge >= 0.3 is 6.09 Å². The zero-order chi connectivity index (χ0) is 11.7. The Morgan fingerprint density at radius 2 is 1.93 bits per heavy atom. The first-order chi connectivity index (χ1) is 7.17. The van der Waals surface area contributed by atoms with Crippen molar-refractivity contribution >= 4 is 6.09 Å². The Labute approximate surface area is 93.8 Å². The average Bonchev–Trinajstić information content (AvgIpc) is 2.19. The summed E-state index contributed by atoms with van der Waals surface area (Å²) in [6.07, 6.45) is 4.14. The molecule has 1 atom stereocenters. The summed E-state index contributed by atoms with van der Waals surface area (Å²) >= 11 is 0. The van der Waals surface area contributed by atoms with Crippen LogP contribution in [0.5, 0.6) is 0 Å². The van der Waals surface area contributed by atoms with Crippen molar-refractivity contribution in [2.45, 2.75) is 59.4 Å². The van der Waals surface area contributed by atoms with Crippen molar-refractivity contribution in [3.63, 3.8) is 0 Å². The van der Waals surface area contributed by atoms with Crippen LogP contribution in [0.25, 0.3) is 0 Å². The van der Waals surface area contributed by atoms with Crippen molar-refractivity contribution in [1.29, 1.82) is 0 Å². The van der Waals surface area contributed by atoms with Gasteiger partial charge in [-0.1, -0.05) is 26.7 Å². The lowest BCUT2D eigenvalue weighted by Crippen LogP contribution is -2.39. The fourth-order valence-corrected chi connectivity index (χ4v) is 1.60. The van der Waals surface area contributed by atoms with Crippen LogP contribution in [0.2, 0.25) is 0 Å². The van der Waals surface area contributed by atoms with E-state index in [1.807, 2.05) is 11.8 Å². The number of carbonyl (C=O) groups is 1. The molecule has 0 aliphatic carbocycles. The standard InChI is InChI=1S/C12H25NO2/c1-5-8-10-13(11(4)9-6-2)12(14)15-7-3/h11H,5-10H2,1-4H3. The number of carbonyl (C=O) groups excluding carboxylic acids is 1. The minimum atomic E-state index is -0.160. The molecule has 90 valence electrons. The number of rotatable bonds is 7. The van der Waals surface area contributed by atoms with Gasteiger partial charge in [-0.15, -0.1) is 0 Å². The van der Waals surface area contributed by atoms with E-state index in [1.165, 1.54) is 0 Å². The van der Waals surface area contributed by atoms with E-state index < -0.39 is 0 Å². The Hall–Kier alpha value is -0.730. The van der Waals surface area contributed by atoms with Crippen LogP contribution in [-0.2, 0) is 4.74 Å². The van der Waals surface area contributed by atoms with Gasteiger partial charge in [0.2, 0.25) is 0 Å². The Bertz CT molecular complexity index is 171. The summed E-state index contributed by atoms with van der Waals surface area (Å²) in [6, 6.07) is 0.292. The minimum Gasteiger partial charge on any atom is -0.450 e. The second-order valence-corrected chi connectivity index (χ2v) is 3.88. The maximum atomic E-state index is 11.7. The van der Waals surface area contributed by atoms with Gasteiger partial charge in [-0.25, -0.2) is 4.79 Å². The molecule has 0 heterocycles. The van der Waals surface area contributed by atoms with Crippen LogP contribution in [0.4, 0.5) is 4.79 Å². The third-order valence-electron chi connectivity index (χ3n) is 2.49. The predicted molar refractivity (Wildman–Crippen MR) is 63.0 cm³/mol. The van der Waals surface area contributed by atoms with Crippen LogP contribution in [-0.4, -0.2) is 30.2 Å². The smallest absolute Gasteiger partial charge is 0.409 e. The molecule has 1 amide bonds. The molecule has 0 radical (unpaired) electrons. The SMILES string of the molecule is CCCCN(C(=O)OCC)C(C)CCC. The van der Waals surface area contributed by atoms with Crippen molar-refractivity contribution in [2.75, 3.05) is 13.2 Å². The van der Waals surface area contributed by atoms with E-state index >= 15 is 0 Å². The Balaban J connectivity index is 4.21. The topological polar surface area (TPSA) is 29.5 Å². The highest BCUT2D eigenvalue weighted by Gasteiger charge is 2.19. The third-order valence-corrected chi connectivity index (χ3v) is 2.49. The van der Waals surface area contributed by atoms with Gasteiger partial charge in [0.1, 0.15) is 0 Å². The summed E-state index contributed by atoms with van der Waals surface area (Å²) < 4.78 is 5.06. The van der Waals surface area contributed by atoms with Crippen LogP contribution in [0.15, 0.2) is 0 Å². The lowest BCUT2D eigenvalue weighted by molar-refractivity contribution is 0.0905. The fraction of sp³-hybridized carbons (Fsp3) is 0.917. The van der Waals surface area contributed by atoms with Gasteiger partial charge in [0.25, 0.3) is 0 Å². The lowest BCUT2D eigenvalue weighted by Gasteiger charge is -2.28. The van der Waals surface area contributed by atoms with Gasteiger partial charge in [-0.3, -0.25) is 0 Å². The molecule has 1 unspecified atom stereocenters. The molecule has 0 aromatic rings. The van der Waals surface area contributed by atoms with Crippen LogP contribution in [0.3, 0.4) is 0 Å². The van der Waals surface area contributed by atoms with Crippen LogP contribution in [0.1, 0.15) is 53.4 Å². The molecule has 0 aromatic heterocycles. The average molecular weight is 215 g/mol. The molecule has 0 saturated carbocycles. The molecule has 3 heteroatoms. The molecule has 0 aromatic carbocycles. The molecule has 0 spiro atoms. The van der Waals surface area contributed by atoms with Crippen LogP contribution in [0, 0.1) is 0 Å². The molecule has 3 nitrogen and oxygen atoms in total. The van der Waals surface area contributed by atoms with E-state index in [2.05, 4.69) is 20.8 Å². The molecular weight excluding hydrogens is 190 g/mol. The number of hydrogen-bond donors (Lipinski definition) is 0. The molecule has 0 aliphatic heterocycles. The van der Waals surface area contributed by atoms with Gasteiger partial charge in [0.05, 0.1) is 6.61 Å². The summed E-state index contributed by atoms with van der Waals surface area (Å²) in [5.41, 5.74) is 0. The molecule has 0 bridgehead atoms. The van der Waals surface area contributed by atoms with Crippen molar-refractivity contribution in [2.24, 2.45) is 0 Å². The molecule has 0 aliphatic rings. The first-order valence-corrected chi connectivity index (χ1v) is 6.10. The van der Waals surface area contributed by atoms with Gasteiger partial charge < -0.3 is 9.64 Å². The summed E-state index contributed by atoms with van der Waals surface area (Å²) in [6.45, 7) is 9.49. The second kappa shape index (κ2) is 8.57. The van der Waals surface area contributed by atoms with Gasteiger partial charge in [-0.2, -0.15) is 0 Å². The monoisotopic (exact) mass is 215 g/mol. The van der Waals surface area contributed by atoms with Gasteiger partial charge in [0, 0.05) is 12.6 Å². The molecule has 0 saturated heterocycles.